The number of hydrogen-bond donors (Lipinski definition) is 1. The first kappa shape index (κ1) is 14.0. The molecule has 0 bridgehead atoms. The summed E-state index contributed by atoms with van der Waals surface area (Å²) in [6, 6.07) is 7.22. The lowest BCUT2D eigenvalue weighted by Gasteiger charge is -2.32. The number of nitrogens with zero attached hydrogens (tertiary/aromatic N) is 1. The molecule has 1 aromatic rings. The van der Waals surface area contributed by atoms with Gasteiger partial charge in [-0.1, -0.05) is 0 Å². The number of benzene rings is 1. The van der Waals surface area contributed by atoms with Crippen molar-refractivity contribution in [3.63, 3.8) is 0 Å². The fourth-order valence-corrected chi connectivity index (χ4v) is 2.40. The largest absolute Gasteiger partial charge is 0.490 e. The molecule has 0 amide bonds. The molecule has 0 spiro atoms. The number of rotatable bonds is 5. The molecule has 1 saturated heterocycles. The molecule has 1 heterocycles. The molecule has 104 valence electrons. The van der Waals surface area contributed by atoms with Gasteiger partial charge in [-0.05, 0) is 44.0 Å². The van der Waals surface area contributed by atoms with Crippen molar-refractivity contribution >= 4 is 6.29 Å². The Kier molecular flexibility index (Phi) is 4.93. The van der Waals surface area contributed by atoms with E-state index in [1.54, 1.807) is 12.1 Å². The Morgan fingerprint density at radius 2 is 2.00 bits per heavy atom. The lowest BCUT2D eigenvalue weighted by atomic mass is 10.1. The van der Waals surface area contributed by atoms with E-state index in [9.17, 15) is 9.90 Å². The second kappa shape index (κ2) is 6.68. The van der Waals surface area contributed by atoms with Gasteiger partial charge in [-0.3, -0.25) is 4.79 Å². The number of piperidine rings is 1. The summed E-state index contributed by atoms with van der Waals surface area (Å²) in [5.41, 5.74) is 0.666. The van der Waals surface area contributed by atoms with E-state index in [-0.39, 0.29) is 12.2 Å². The van der Waals surface area contributed by atoms with Crippen LogP contribution in [0.4, 0.5) is 0 Å². The van der Waals surface area contributed by atoms with E-state index < -0.39 is 0 Å². The predicted octanol–water partition coefficient (Wildman–Crippen LogP) is 1.72. The molecule has 19 heavy (non-hydrogen) atoms. The van der Waals surface area contributed by atoms with Crippen LogP contribution in [0.1, 0.15) is 30.1 Å². The average molecular weight is 263 g/mol. The van der Waals surface area contributed by atoms with E-state index in [1.807, 2.05) is 19.1 Å². The zero-order chi connectivity index (χ0) is 13.7. The van der Waals surface area contributed by atoms with E-state index in [0.29, 0.717) is 5.56 Å². The third-order valence-electron chi connectivity index (χ3n) is 3.38. The Balaban J connectivity index is 1.80. The maximum Gasteiger partial charge on any atom is 0.150 e. The average Bonchev–Trinajstić information content (AvgIpc) is 2.41. The lowest BCUT2D eigenvalue weighted by molar-refractivity contribution is 0.0673. The number of carbonyl (C=O) groups is 1. The molecule has 1 fully saturated rings. The first-order valence-corrected chi connectivity index (χ1v) is 6.79. The molecule has 0 radical (unpaired) electrons. The standard InChI is InChI=1S/C15H21NO3/c1-12(18)10-16-8-6-15(7-9-16)19-14-4-2-13(11-17)3-5-14/h2-5,11-12,15,18H,6-10H2,1H3. The minimum atomic E-state index is -0.270. The Bertz CT molecular complexity index is 394. The summed E-state index contributed by atoms with van der Waals surface area (Å²) in [5, 5.41) is 9.35. The van der Waals surface area contributed by atoms with Gasteiger partial charge in [-0.25, -0.2) is 0 Å². The van der Waals surface area contributed by atoms with Gasteiger partial charge in [0.2, 0.25) is 0 Å². The van der Waals surface area contributed by atoms with Gasteiger partial charge in [0.15, 0.2) is 0 Å². The summed E-state index contributed by atoms with van der Waals surface area (Å²) in [5.74, 6) is 0.819. The van der Waals surface area contributed by atoms with Crippen molar-refractivity contribution in [2.75, 3.05) is 19.6 Å². The molecule has 1 aliphatic heterocycles. The highest BCUT2D eigenvalue weighted by molar-refractivity contribution is 5.74. The quantitative estimate of drug-likeness (QED) is 0.822. The van der Waals surface area contributed by atoms with Crippen molar-refractivity contribution < 1.29 is 14.6 Å². The second-order valence-electron chi connectivity index (χ2n) is 5.15. The molecule has 4 nitrogen and oxygen atoms in total. The lowest BCUT2D eigenvalue weighted by Crippen LogP contribution is -2.41. The van der Waals surface area contributed by atoms with Crippen molar-refractivity contribution in [3.05, 3.63) is 29.8 Å². The van der Waals surface area contributed by atoms with E-state index in [4.69, 9.17) is 4.74 Å². The van der Waals surface area contributed by atoms with Crippen molar-refractivity contribution in [2.45, 2.75) is 32.0 Å². The van der Waals surface area contributed by atoms with E-state index in [2.05, 4.69) is 4.90 Å². The number of likely N-dealkylation sites (tertiary alicyclic amines) is 1. The van der Waals surface area contributed by atoms with Crippen LogP contribution in [0.25, 0.3) is 0 Å². The summed E-state index contributed by atoms with van der Waals surface area (Å²) in [6.07, 6.45) is 2.74. The SMILES string of the molecule is CC(O)CN1CCC(Oc2ccc(C=O)cc2)CC1. The number of aliphatic hydroxyl groups excluding tert-OH is 1. The molecular weight excluding hydrogens is 242 g/mol. The third-order valence-corrected chi connectivity index (χ3v) is 3.38. The van der Waals surface area contributed by atoms with Gasteiger partial charge in [0.1, 0.15) is 18.1 Å². The number of hydrogen-bond acceptors (Lipinski definition) is 4. The Morgan fingerprint density at radius 1 is 1.37 bits per heavy atom. The third kappa shape index (κ3) is 4.33. The smallest absolute Gasteiger partial charge is 0.150 e. The Hall–Kier alpha value is -1.39. The van der Waals surface area contributed by atoms with Crippen molar-refractivity contribution in [1.82, 2.24) is 4.90 Å². The van der Waals surface area contributed by atoms with Crippen LogP contribution in [-0.4, -0.2) is 48.1 Å². The van der Waals surface area contributed by atoms with Crippen LogP contribution in [-0.2, 0) is 0 Å². The fraction of sp³-hybridized carbons (Fsp3) is 0.533. The minimum absolute atomic E-state index is 0.229. The number of carbonyl (C=O) groups excluding carboxylic acids is 1. The van der Waals surface area contributed by atoms with Crippen LogP contribution in [0, 0.1) is 0 Å². The highest BCUT2D eigenvalue weighted by atomic mass is 16.5. The molecular formula is C15H21NO3. The second-order valence-corrected chi connectivity index (χ2v) is 5.15. The molecule has 1 N–H and O–H groups in total. The van der Waals surface area contributed by atoms with E-state index in [0.717, 1.165) is 44.5 Å². The van der Waals surface area contributed by atoms with Crippen LogP contribution in [0.5, 0.6) is 5.75 Å². The minimum Gasteiger partial charge on any atom is -0.490 e. The molecule has 1 unspecified atom stereocenters. The Labute approximate surface area is 114 Å². The van der Waals surface area contributed by atoms with Gasteiger partial charge in [0.25, 0.3) is 0 Å². The number of aldehydes is 1. The van der Waals surface area contributed by atoms with Gasteiger partial charge in [0.05, 0.1) is 6.10 Å². The summed E-state index contributed by atoms with van der Waals surface area (Å²) in [4.78, 5) is 12.8. The van der Waals surface area contributed by atoms with Crippen molar-refractivity contribution in [2.24, 2.45) is 0 Å². The molecule has 1 aliphatic rings. The molecule has 0 aliphatic carbocycles. The van der Waals surface area contributed by atoms with Gasteiger partial charge >= 0.3 is 0 Å². The highest BCUT2D eigenvalue weighted by Crippen LogP contribution is 2.19. The summed E-state index contributed by atoms with van der Waals surface area (Å²) < 4.78 is 5.90. The maximum absolute atomic E-state index is 10.6. The van der Waals surface area contributed by atoms with Crippen LogP contribution in [0.2, 0.25) is 0 Å². The van der Waals surface area contributed by atoms with E-state index in [1.165, 1.54) is 0 Å². The predicted molar refractivity (Wildman–Crippen MR) is 73.6 cm³/mol. The topological polar surface area (TPSA) is 49.8 Å². The van der Waals surface area contributed by atoms with Crippen molar-refractivity contribution in [1.29, 1.82) is 0 Å². The molecule has 1 aromatic carbocycles. The van der Waals surface area contributed by atoms with Crippen LogP contribution in [0.15, 0.2) is 24.3 Å². The number of aliphatic hydroxyl groups is 1. The van der Waals surface area contributed by atoms with Gasteiger partial charge < -0.3 is 14.7 Å². The zero-order valence-electron chi connectivity index (χ0n) is 11.3. The Morgan fingerprint density at radius 3 is 2.53 bits per heavy atom. The summed E-state index contributed by atoms with van der Waals surface area (Å²) >= 11 is 0. The molecule has 2 rings (SSSR count). The number of β-amino-alcohol motifs (C(OH)–C–C–N with tert-alkyl or cyclic N) is 1. The van der Waals surface area contributed by atoms with Crippen LogP contribution >= 0.6 is 0 Å². The summed E-state index contributed by atoms with van der Waals surface area (Å²) in [7, 11) is 0. The van der Waals surface area contributed by atoms with Gasteiger partial charge in [-0.2, -0.15) is 0 Å². The van der Waals surface area contributed by atoms with Crippen LogP contribution < -0.4 is 4.74 Å². The number of ether oxygens (including phenoxy) is 1. The monoisotopic (exact) mass is 263 g/mol. The maximum atomic E-state index is 10.6. The highest BCUT2D eigenvalue weighted by Gasteiger charge is 2.21. The molecule has 0 saturated carbocycles. The van der Waals surface area contributed by atoms with E-state index >= 15 is 0 Å². The molecule has 4 heteroatoms. The van der Waals surface area contributed by atoms with Crippen LogP contribution in [0.3, 0.4) is 0 Å². The molecule has 0 aromatic heterocycles. The first-order valence-electron chi connectivity index (χ1n) is 6.79. The zero-order valence-corrected chi connectivity index (χ0v) is 11.3. The first-order chi connectivity index (χ1) is 9.17. The van der Waals surface area contributed by atoms with Gasteiger partial charge in [-0.15, -0.1) is 0 Å². The molecule has 1 atom stereocenters. The fourth-order valence-electron chi connectivity index (χ4n) is 2.40. The normalized spacial score (nSPS) is 19.1. The van der Waals surface area contributed by atoms with Gasteiger partial charge in [0, 0.05) is 25.2 Å². The van der Waals surface area contributed by atoms with Crippen molar-refractivity contribution in [3.8, 4) is 5.75 Å². The summed E-state index contributed by atoms with van der Waals surface area (Å²) in [6.45, 7) is 4.47.